The topological polar surface area (TPSA) is 94.3 Å². The van der Waals surface area contributed by atoms with Crippen molar-refractivity contribution in [3.05, 3.63) is 69.5 Å². The SMILES string of the molecule is N[C@H](Oc1cc(F)c(S(=O)(=O)Nc2cscn2)cc1Cl)c1cccc(F)c1. The summed E-state index contributed by atoms with van der Waals surface area (Å²) >= 11 is 7.20. The van der Waals surface area contributed by atoms with Gasteiger partial charge < -0.3 is 4.74 Å². The number of halogens is 3. The summed E-state index contributed by atoms with van der Waals surface area (Å²) in [5, 5.41) is 1.27. The fourth-order valence-electron chi connectivity index (χ4n) is 2.15. The van der Waals surface area contributed by atoms with Crippen molar-refractivity contribution in [3.63, 3.8) is 0 Å². The molecule has 3 aromatic rings. The lowest BCUT2D eigenvalue weighted by Gasteiger charge is -2.17. The summed E-state index contributed by atoms with van der Waals surface area (Å²) in [6.45, 7) is 0. The molecule has 6 nitrogen and oxygen atoms in total. The normalized spacial score (nSPS) is 12.6. The van der Waals surface area contributed by atoms with Crippen LogP contribution in [0, 0.1) is 11.6 Å². The van der Waals surface area contributed by atoms with Gasteiger partial charge >= 0.3 is 0 Å². The molecular formula is C16H12ClF2N3O3S2. The maximum Gasteiger partial charge on any atom is 0.266 e. The number of anilines is 1. The predicted molar refractivity (Wildman–Crippen MR) is 98.3 cm³/mol. The highest BCUT2D eigenvalue weighted by Gasteiger charge is 2.23. The van der Waals surface area contributed by atoms with E-state index < -0.39 is 32.8 Å². The monoisotopic (exact) mass is 431 g/mol. The molecule has 3 rings (SSSR count). The molecule has 0 amide bonds. The van der Waals surface area contributed by atoms with Crippen LogP contribution in [0.25, 0.3) is 0 Å². The largest absolute Gasteiger partial charge is 0.470 e. The van der Waals surface area contributed by atoms with Crippen LogP contribution in [0.15, 0.2) is 52.2 Å². The number of thiazole rings is 1. The summed E-state index contributed by atoms with van der Waals surface area (Å²) in [6, 6.07) is 7.06. The molecule has 0 saturated carbocycles. The number of nitrogens with zero attached hydrogens (tertiary/aromatic N) is 1. The molecule has 11 heteroatoms. The van der Waals surface area contributed by atoms with E-state index in [0.717, 1.165) is 18.2 Å². The van der Waals surface area contributed by atoms with Crippen molar-refractivity contribution < 1.29 is 21.9 Å². The number of hydrogen-bond donors (Lipinski definition) is 2. The van der Waals surface area contributed by atoms with Gasteiger partial charge in [0.05, 0.1) is 10.5 Å². The fourth-order valence-corrected chi connectivity index (χ4v) is 4.07. The zero-order valence-electron chi connectivity index (χ0n) is 13.4. The number of sulfonamides is 1. The van der Waals surface area contributed by atoms with Crippen molar-refractivity contribution in [2.75, 3.05) is 4.72 Å². The first-order chi connectivity index (χ1) is 12.8. The lowest BCUT2D eigenvalue weighted by molar-refractivity contribution is 0.212. The zero-order valence-corrected chi connectivity index (χ0v) is 15.8. The Hall–Kier alpha value is -2.27. The lowest BCUT2D eigenvalue weighted by Crippen LogP contribution is -2.19. The minimum absolute atomic E-state index is 0.0592. The minimum atomic E-state index is -4.24. The average molecular weight is 432 g/mol. The molecule has 1 atom stereocenters. The van der Waals surface area contributed by atoms with Gasteiger partial charge in [0, 0.05) is 17.0 Å². The van der Waals surface area contributed by atoms with Crippen molar-refractivity contribution in [2.45, 2.75) is 11.1 Å². The number of nitrogens with two attached hydrogens (primary N) is 1. The molecule has 0 aliphatic heterocycles. The van der Waals surface area contributed by atoms with E-state index in [0.29, 0.717) is 5.56 Å². The second kappa shape index (κ2) is 7.77. The second-order valence-electron chi connectivity index (χ2n) is 5.29. The molecule has 0 saturated heterocycles. The van der Waals surface area contributed by atoms with E-state index in [2.05, 4.69) is 9.71 Å². The van der Waals surface area contributed by atoms with Crippen molar-refractivity contribution in [2.24, 2.45) is 5.73 Å². The van der Waals surface area contributed by atoms with Crippen LogP contribution in [0.5, 0.6) is 5.75 Å². The average Bonchev–Trinajstić information content (AvgIpc) is 3.09. The molecule has 0 unspecified atom stereocenters. The highest BCUT2D eigenvalue weighted by molar-refractivity contribution is 7.92. The van der Waals surface area contributed by atoms with Crippen molar-refractivity contribution in [3.8, 4) is 5.75 Å². The Labute approximate surface area is 162 Å². The molecule has 1 heterocycles. The van der Waals surface area contributed by atoms with Gasteiger partial charge in [-0.3, -0.25) is 10.5 Å². The van der Waals surface area contributed by atoms with Crippen LogP contribution < -0.4 is 15.2 Å². The number of ether oxygens (including phenoxy) is 1. The fraction of sp³-hybridized carbons (Fsp3) is 0.0625. The Bertz CT molecular complexity index is 1060. The van der Waals surface area contributed by atoms with E-state index in [4.69, 9.17) is 22.1 Å². The molecule has 0 aliphatic rings. The molecule has 0 fully saturated rings. The summed E-state index contributed by atoms with van der Waals surface area (Å²) in [5.41, 5.74) is 7.54. The van der Waals surface area contributed by atoms with Gasteiger partial charge in [-0.05, 0) is 18.2 Å². The van der Waals surface area contributed by atoms with Crippen LogP contribution >= 0.6 is 22.9 Å². The zero-order chi connectivity index (χ0) is 19.6. The summed E-state index contributed by atoms with van der Waals surface area (Å²) in [4.78, 5) is 3.10. The third-order valence-corrected chi connectivity index (χ3v) is 5.63. The molecular weight excluding hydrogens is 420 g/mol. The Morgan fingerprint density at radius 3 is 2.70 bits per heavy atom. The molecule has 0 aliphatic carbocycles. The van der Waals surface area contributed by atoms with Crippen LogP contribution in [0.2, 0.25) is 5.02 Å². The van der Waals surface area contributed by atoms with E-state index in [1.54, 1.807) is 0 Å². The van der Waals surface area contributed by atoms with Crippen LogP contribution in [0.3, 0.4) is 0 Å². The van der Waals surface area contributed by atoms with Gasteiger partial charge in [0.25, 0.3) is 10.0 Å². The Balaban J connectivity index is 1.86. The molecule has 1 aromatic heterocycles. The summed E-state index contributed by atoms with van der Waals surface area (Å²) in [6.07, 6.45) is -1.13. The molecule has 142 valence electrons. The number of rotatable bonds is 6. The van der Waals surface area contributed by atoms with Crippen LogP contribution in [-0.2, 0) is 10.0 Å². The second-order valence-corrected chi connectivity index (χ2v) is 8.06. The first kappa shape index (κ1) is 19.5. The molecule has 3 N–H and O–H groups in total. The minimum Gasteiger partial charge on any atom is -0.470 e. The van der Waals surface area contributed by atoms with E-state index in [1.807, 2.05) is 0 Å². The van der Waals surface area contributed by atoms with Gasteiger partial charge in [-0.1, -0.05) is 23.7 Å². The van der Waals surface area contributed by atoms with Crippen molar-refractivity contribution in [1.82, 2.24) is 4.98 Å². The quantitative estimate of drug-likeness (QED) is 0.577. The van der Waals surface area contributed by atoms with Gasteiger partial charge in [0.2, 0.25) is 0 Å². The number of benzene rings is 2. The molecule has 0 spiro atoms. The van der Waals surface area contributed by atoms with Crippen molar-refractivity contribution >= 4 is 38.8 Å². The van der Waals surface area contributed by atoms with Crippen LogP contribution in [0.1, 0.15) is 11.8 Å². The standard InChI is InChI=1S/C16H12ClF2N3O3S2/c17-11-5-14(27(23,24)22-15-7-26-8-21-15)12(19)6-13(11)25-16(20)9-2-1-3-10(18)4-9/h1-8,16,22H,20H2/t16-/m1/s1. The Morgan fingerprint density at radius 1 is 1.26 bits per heavy atom. The first-order valence-corrected chi connectivity index (χ1v) is 10.1. The third kappa shape index (κ3) is 4.53. The number of aromatic nitrogens is 1. The first-order valence-electron chi connectivity index (χ1n) is 7.34. The van der Waals surface area contributed by atoms with Gasteiger partial charge in [-0.25, -0.2) is 22.2 Å². The molecule has 0 radical (unpaired) electrons. The highest BCUT2D eigenvalue weighted by atomic mass is 35.5. The summed E-state index contributed by atoms with van der Waals surface area (Å²) in [7, 11) is -4.24. The van der Waals surface area contributed by atoms with Gasteiger partial charge in [0.1, 0.15) is 22.3 Å². The van der Waals surface area contributed by atoms with Crippen LogP contribution in [0.4, 0.5) is 14.6 Å². The third-order valence-electron chi connectivity index (χ3n) is 3.38. The number of nitrogens with one attached hydrogen (secondary N) is 1. The van der Waals surface area contributed by atoms with E-state index in [9.17, 15) is 17.2 Å². The van der Waals surface area contributed by atoms with E-state index in [1.165, 1.54) is 40.4 Å². The smallest absolute Gasteiger partial charge is 0.266 e. The maximum absolute atomic E-state index is 14.4. The highest BCUT2D eigenvalue weighted by Crippen LogP contribution is 2.32. The molecule has 2 aromatic carbocycles. The number of hydrogen-bond acceptors (Lipinski definition) is 6. The summed E-state index contributed by atoms with van der Waals surface area (Å²) in [5.74, 6) is -1.73. The van der Waals surface area contributed by atoms with Gasteiger partial charge in [-0.2, -0.15) is 0 Å². The van der Waals surface area contributed by atoms with Crippen LogP contribution in [-0.4, -0.2) is 13.4 Å². The maximum atomic E-state index is 14.4. The van der Waals surface area contributed by atoms with E-state index >= 15 is 0 Å². The van der Waals surface area contributed by atoms with E-state index in [-0.39, 0.29) is 16.6 Å². The molecule has 27 heavy (non-hydrogen) atoms. The van der Waals surface area contributed by atoms with Gasteiger partial charge in [-0.15, -0.1) is 11.3 Å². The van der Waals surface area contributed by atoms with Crippen molar-refractivity contribution in [1.29, 1.82) is 0 Å². The Kier molecular flexibility index (Phi) is 5.61. The summed E-state index contributed by atoms with van der Waals surface area (Å²) < 4.78 is 59.8. The lowest BCUT2D eigenvalue weighted by atomic mass is 10.2. The predicted octanol–water partition coefficient (Wildman–Crippen LogP) is 3.91. The Morgan fingerprint density at radius 2 is 2.04 bits per heavy atom. The molecule has 0 bridgehead atoms. The van der Waals surface area contributed by atoms with Gasteiger partial charge in [0.15, 0.2) is 12.0 Å².